The van der Waals surface area contributed by atoms with Crippen molar-refractivity contribution in [2.75, 3.05) is 12.4 Å². The van der Waals surface area contributed by atoms with E-state index in [4.69, 9.17) is 10.00 Å². The predicted molar refractivity (Wildman–Crippen MR) is 55.8 cm³/mol. The number of carbonyl (C=O) groups excluding carboxylic acids is 1. The van der Waals surface area contributed by atoms with Crippen LogP contribution in [-0.2, 0) is 0 Å². The smallest absolute Gasteiger partial charge is 0.183 e. The molecule has 0 unspecified atom stereocenters. The molecular weight excluding hydrogens is 265 g/mol. The van der Waals surface area contributed by atoms with Crippen molar-refractivity contribution in [1.29, 1.82) is 5.26 Å². The number of methoxy groups -OCH3 is 1. The summed E-state index contributed by atoms with van der Waals surface area (Å²) in [5.41, 5.74) is -0.216. The summed E-state index contributed by atoms with van der Waals surface area (Å²) in [5.74, 6) is -1.18. The molecule has 3 nitrogen and oxygen atoms in total. The molecule has 0 radical (unpaired) electrons. The molecule has 0 bridgehead atoms. The number of nitrogens with zero attached hydrogens (tertiary/aromatic N) is 1. The van der Waals surface area contributed by atoms with Gasteiger partial charge in [-0.2, -0.15) is 5.26 Å². The summed E-state index contributed by atoms with van der Waals surface area (Å²) in [4.78, 5) is 11.3. The second kappa shape index (κ2) is 4.89. The van der Waals surface area contributed by atoms with E-state index >= 15 is 0 Å². The van der Waals surface area contributed by atoms with Gasteiger partial charge in [-0.15, -0.1) is 0 Å². The first kappa shape index (κ1) is 11.7. The van der Waals surface area contributed by atoms with Gasteiger partial charge < -0.3 is 4.74 Å². The Bertz CT molecular complexity index is 440. The number of hydrogen-bond donors (Lipinski definition) is 0. The Morgan fingerprint density at radius 3 is 2.80 bits per heavy atom. The summed E-state index contributed by atoms with van der Waals surface area (Å²) in [6.07, 6.45) is 0. The standard InChI is InChI=1S/C10H7BrFNO2/c1-15-9-3-2-6(8(14)4-11)7(5-13)10(9)12/h2-3H,4H2,1H3. The quantitative estimate of drug-likeness (QED) is 0.626. The minimum atomic E-state index is -0.799. The van der Waals surface area contributed by atoms with E-state index in [0.29, 0.717) is 0 Å². The number of nitriles is 1. The maximum atomic E-state index is 13.5. The first-order chi connectivity index (χ1) is 7.15. The fourth-order valence-corrected chi connectivity index (χ4v) is 1.43. The van der Waals surface area contributed by atoms with Crippen LogP contribution in [0.3, 0.4) is 0 Å². The number of hydrogen-bond acceptors (Lipinski definition) is 3. The number of alkyl halides is 1. The molecule has 15 heavy (non-hydrogen) atoms. The lowest BCUT2D eigenvalue weighted by Gasteiger charge is -2.06. The highest BCUT2D eigenvalue weighted by molar-refractivity contribution is 9.09. The first-order valence-electron chi connectivity index (χ1n) is 4.01. The summed E-state index contributed by atoms with van der Waals surface area (Å²) in [6, 6.07) is 4.36. The third-order valence-electron chi connectivity index (χ3n) is 1.86. The SMILES string of the molecule is COc1ccc(C(=O)CBr)c(C#N)c1F. The molecule has 0 spiro atoms. The van der Waals surface area contributed by atoms with Gasteiger partial charge in [-0.25, -0.2) is 4.39 Å². The third kappa shape index (κ3) is 2.16. The molecule has 0 aliphatic carbocycles. The fourth-order valence-electron chi connectivity index (χ4n) is 1.13. The van der Waals surface area contributed by atoms with Gasteiger partial charge in [0, 0.05) is 5.56 Å². The summed E-state index contributed by atoms with van der Waals surface area (Å²) >= 11 is 2.96. The van der Waals surface area contributed by atoms with Crippen molar-refractivity contribution in [2.24, 2.45) is 0 Å². The molecule has 0 aliphatic heterocycles. The van der Waals surface area contributed by atoms with Crippen molar-refractivity contribution in [3.05, 3.63) is 29.1 Å². The Labute approximate surface area is 94.6 Å². The average molecular weight is 272 g/mol. The summed E-state index contributed by atoms with van der Waals surface area (Å²) in [7, 11) is 1.30. The molecule has 1 aromatic rings. The molecule has 0 heterocycles. The van der Waals surface area contributed by atoms with Gasteiger partial charge in [-0.1, -0.05) is 15.9 Å². The summed E-state index contributed by atoms with van der Waals surface area (Å²) < 4.78 is 18.2. The molecule has 0 saturated carbocycles. The van der Waals surface area contributed by atoms with Crippen LogP contribution in [0, 0.1) is 17.1 Å². The highest BCUT2D eigenvalue weighted by atomic mass is 79.9. The molecule has 1 aromatic carbocycles. The highest BCUT2D eigenvalue weighted by Gasteiger charge is 2.17. The molecule has 0 N–H and O–H groups in total. The van der Waals surface area contributed by atoms with Crippen molar-refractivity contribution in [3.63, 3.8) is 0 Å². The lowest BCUT2D eigenvalue weighted by molar-refractivity contribution is 0.102. The van der Waals surface area contributed by atoms with E-state index in [0.717, 1.165) is 0 Å². The Morgan fingerprint density at radius 1 is 1.67 bits per heavy atom. The molecule has 0 aromatic heterocycles. The minimum Gasteiger partial charge on any atom is -0.494 e. The van der Waals surface area contributed by atoms with E-state index in [-0.39, 0.29) is 28.0 Å². The van der Waals surface area contributed by atoms with E-state index < -0.39 is 5.82 Å². The Kier molecular flexibility index (Phi) is 3.81. The van der Waals surface area contributed by atoms with Crippen LogP contribution < -0.4 is 4.74 Å². The monoisotopic (exact) mass is 271 g/mol. The molecule has 1 rings (SSSR count). The van der Waals surface area contributed by atoms with Crippen LogP contribution in [0.15, 0.2) is 12.1 Å². The zero-order chi connectivity index (χ0) is 11.4. The second-order valence-electron chi connectivity index (χ2n) is 2.67. The lowest BCUT2D eigenvalue weighted by Crippen LogP contribution is -2.06. The molecule has 0 amide bonds. The number of ketones is 1. The second-order valence-corrected chi connectivity index (χ2v) is 3.23. The zero-order valence-electron chi connectivity index (χ0n) is 7.88. The molecule has 0 aliphatic rings. The number of rotatable bonds is 3. The van der Waals surface area contributed by atoms with Crippen molar-refractivity contribution in [1.82, 2.24) is 0 Å². The molecular formula is C10H7BrFNO2. The lowest BCUT2D eigenvalue weighted by atomic mass is 10.0. The molecule has 0 saturated heterocycles. The van der Waals surface area contributed by atoms with E-state index in [1.807, 2.05) is 0 Å². The van der Waals surface area contributed by atoms with Gasteiger partial charge >= 0.3 is 0 Å². The first-order valence-corrected chi connectivity index (χ1v) is 5.13. The van der Waals surface area contributed by atoms with Crippen LogP contribution in [0.1, 0.15) is 15.9 Å². The average Bonchev–Trinajstić information content (AvgIpc) is 2.27. The van der Waals surface area contributed by atoms with E-state index in [9.17, 15) is 9.18 Å². The maximum Gasteiger partial charge on any atom is 0.183 e. The van der Waals surface area contributed by atoms with Crippen LogP contribution in [0.4, 0.5) is 4.39 Å². The number of ether oxygens (including phenoxy) is 1. The van der Waals surface area contributed by atoms with Gasteiger partial charge in [0.1, 0.15) is 11.6 Å². The number of halogens is 2. The van der Waals surface area contributed by atoms with Crippen LogP contribution in [-0.4, -0.2) is 18.2 Å². The van der Waals surface area contributed by atoms with Crippen LogP contribution in [0.2, 0.25) is 0 Å². The minimum absolute atomic E-state index is 0.0438. The molecule has 5 heteroatoms. The fraction of sp³-hybridized carbons (Fsp3) is 0.200. The van der Waals surface area contributed by atoms with Crippen molar-refractivity contribution >= 4 is 21.7 Å². The van der Waals surface area contributed by atoms with Crippen molar-refractivity contribution < 1.29 is 13.9 Å². The van der Waals surface area contributed by atoms with Crippen LogP contribution >= 0.6 is 15.9 Å². The molecule has 0 atom stereocenters. The summed E-state index contributed by atoms with van der Waals surface area (Å²) in [5, 5.41) is 8.80. The molecule has 78 valence electrons. The van der Waals surface area contributed by atoms with Crippen molar-refractivity contribution in [3.8, 4) is 11.8 Å². The maximum absolute atomic E-state index is 13.5. The normalized spacial score (nSPS) is 9.47. The predicted octanol–water partition coefficient (Wildman–Crippen LogP) is 2.28. The number of benzene rings is 1. The van der Waals surface area contributed by atoms with Crippen molar-refractivity contribution in [2.45, 2.75) is 0 Å². The number of Topliss-reactive ketones (excluding diaryl/α,β-unsaturated/α-hetero) is 1. The van der Waals surface area contributed by atoms with E-state index in [1.165, 1.54) is 19.2 Å². The zero-order valence-corrected chi connectivity index (χ0v) is 9.47. The third-order valence-corrected chi connectivity index (χ3v) is 2.37. The Balaban J connectivity index is 3.39. The Morgan fingerprint density at radius 2 is 2.33 bits per heavy atom. The largest absolute Gasteiger partial charge is 0.494 e. The van der Waals surface area contributed by atoms with Gasteiger partial charge in [0.15, 0.2) is 17.3 Å². The topological polar surface area (TPSA) is 50.1 Å². The van der Waals surface area contributed by atoms with Gasteiger partial charge in [0.05, 0.1) is 12.4 Å². The van der Waals surface area contributed by atoms with Gasteiger partial charge in [-0.05, 0) is 12.1 Å². The highest BCUT2D eigenvalue weighted by Crippen LogP contribution is 2.23. The van der Waals surface area contributed by atoms with Gasteiger partial charge in [0.2, 0.25) is 0 Å². The number of carbonyl (C=O) groups is 1. The van der Waals surface area contributed by atoms with Crippen LogP contribution in [0.25, 0.3) is 0 Å². The summed E-state index contributed by atoms with van der Waals surface area (Å²) in [6.45, 7) is 0. The van der Waals surface area contributed by atoms with E-state index in [1.54, 1.807) is 6.07 Å². The van der Waals surface area contributed by atoms with Gasteiger partial charge in [0.25, 0.3) is 0 Å². The van der Waals surface area contributed by atoms with E-state index in [2.05, 4.69) is 15.9 Å². The van der Waals surface area contributed by atoms with Gasteiger partial charge in [-0.3, -0.25) is 4.79 Å². The van der Waals surface area contributed by atoms with Crippen LogP contribution in [0.5, 0.6) is 5.75 Å². The Hall–Kier alpha value is -1.41. The molecule has 0 fully saturated rings.